The van der Waals surface area contributed by atoms with Crippen LogP contribution < -0.4 is 4.90 Å². The zero-order chi connectivity index (χ0) is 21.5. The van der Waals surface area contributed by atoms with E-state index < -0.39 is 12.1 Å². The van der Waals surface area contributed by atoms with Crippen molar-refractivity contribution < 1.29 is 14.1 Å². The topological polar surface area (TPSA) is 104 Å². The molecule has 0 unspecified atom stereocenters. The van der Waals surface area contributed by atoms with Crippen LogP contribution in [0.3, 0.4) is 0 Å². The first-order valence-corrected chi connectivity index (χ1v) is 10.9. The number of benzene rings is 2. The second-order valence-corrected chi connectivity index (χ2v) is 8.17. The Kier molecular flexibility index (Phi) is 4.78. The van der Waals surface area contributed by atoms with E-state index >= 15 is 0 Å². The van der Waals surface area contributed by atoms with Gasteiger partial charge in [0.05, 0.1) is 5.69 Å². The van der Waals surface area contributed by atoms with E-state index in [1.807, 2.05) is 55.6 Å². The van der Waals surface area contributed by atoms with Gasteiger partial charge in [0.15, 0.2) is 12.1 Å². The highest BCUT2D eigenvalue weighted by Gasteiger charge is 2.55. The Bertz CT molecular complexity index is 1210. The quantitative estimate of drug-likeness (QED) is 0.448. The third-order valence-electron chi connectivity index (χ3n) is 5.21. The van der Waals surface area contributed by atoms with Gasteiger partial charge in [0.1, 0.15) is 6.54 Å². The van der Waals surface area contributed by atoms with E-state index in [4.69, 9.17) is 4.52 Å². The summed E-state index contributed by atoms with van der Waals surface area (Å²) in [5.74, 6) is -0.00272. The maximum atomic E-state index is 13.1. The van der Waals surface area contributed by atoms with Crippen molar-refractivity contribution in [2.75, 3.05) is 11.2 Å². The molecule has 0 bridgehead atoms. The maximum Gasteiger partial charge on any atom is 0.263 e. The van der Waals surface area contributed by atoms with Crippen molar-refractivity contribution in [3.63, 3.8) is 0 Å². The lowest BCUT2D eigenvalue weighted by atomic mass is 10.1. The summed E-state index contributed by atoms with van der Waals surface area (Å²) in [5, 5.41) is 13.5. The lowest BCUT2D eigenvalue weighted by Gasteiger charge is -2.19. The second-order valence-electron chi connectivity index (χ2n) is 7.29. The number of carbonyl (C=O) groups excluding carboxylic acids is 2. The van der Waals surface area contributed by atoms with Crippen LogP contribution in [0.2, 0.25) is 0 Å². The number of aromatic nitrogens is 2. The first kappa shape index (κ1) is 19.4. The van der Waals surface area contributed by atoms with E-state index in [2.05, 4.69) is 20.5 Å². The Morgan fingerprint density at radius 2 is 1.94 bits per heavy atom. The van der Waals surface area contributed by atoms with Gasteiger partial charge in [0, 0.05) is 10.5 Å². The lowest BCUT2D eigenvalue weighted by molar-refractivity contribution is -0.123. The molecule has 1 fully saturated rings. The number of carbonyl (C=O) groups is 2. The van der Waals surface area contributed by atoms with E-state index in [1.54, 1.807) is 6.07 Å². The summed E-state index contributed by atoms with van der Waals surface area (Å²) >= 11 is 1.54. The summed E-state index contributed by atoms with van der Waals surface area (Å²) < 4.78 is 5.36. The van der Waals surface area contributed by atoms with Crippen molar-refractivity contribution >= 4 is 29.3 Å². The highest BCUT2D eigenvalue weighted by molar-refractivity contribution is 7.98. The predicted molar refractivity (Wildman–Crippen MR) is 113 cm³/mol. The number of rotatable bonds is 5. The van der Waals surface area contributed by atoms with E-state index in [1.165, 1.54) is 21.7 Å². The van der Waals surface area contributed by atoms with Crippen LogP contribution in [0.5, 0.6) is 0 Å². The molecule has 1 aromatic heterocycles. The summed E-state index contributed by atoms with van der Waals surface area (Å²) in [4.78, 5) is 32.6. The van der Waals surface area contributed by atoms with Crippen molar-refractivity contribution in [2.45, 2.75) is 30.4 Å². The van der Waals surface area contributed by atoms with Crippen LogP contribution in [0.4, 0.5) is 5.69 Å². The van der Waals surface area contributed by atoms with E-state index in [-0.39, 0.29) is 18.4 Å². The zero-order valence-corrected chi connectivity index (χ0v) is 17.6. The summed E-state index contributed by atoms with van der Waals surface area (Å²) in [6.07, 6.45) is 1.94. The minimum atomic E-state index is -0.871. The number of amides is 2. The molecule has 9 nitrogen and oxygen atoms in total. The van der Waals surface area contributed by atoms with Crippen LogP contribution in [0, 0.1) is 6.92 Å². The first-order chi connectivity index (χ1) is 15.0. The molecule has 156 valence electrons. The molecule has 0 N–H and O–H groups in total. The Hall–Kier alpha value is -3.53. The molecule has 3 heterocycles. The highest BCUT2D eigenvalue weighted by Crippen LogP contribution is 2.34. The van der Waals surface area contributed by atoms with E-state index in [0.717, 1.165) is 16.0 Å². The molecule has 0 saturated carbocycles. The minimum absolute atomic E-state index is 0.0845. The van der Waals surface area contributed by atoms with Crippen LogP contribution in [0.1, 0.15) is 11.5 Å². The third kappa shape index (κ3) is 3.38. The molecule has 0 aliphatic carbocycles. The molecular formula is C21H18N6O3S. The first-order valence-electron chi connectivity index (χ1n) is 9.64. The second kappa shape index (κ2) is 7.62. The minimum Gasteiger partial charge on any atom is -0.337 e. The molecule has 2 aromatic carbocycles. The van der Waals surface area contributed by atoms with Crippen molar-refractivity contribution in [3.05, 3.63) is 60.0 Å². The van der Waals surface area contributed by atoms with Gasteiger partial charge in [-0.2, -0.15) is 10.1 Å². The molecule has 31 heavy (non-hydrogen) atoms. The van der Waals surface area contributed by atoms with Crippen LogP contribution in [0.15, 0.2) is 68.3 Å². The SMILES string of the molecule is CSc1cccc(N2C(=O)[C@@H]3[C@@H](N=NN3Cc3nc(-c4cccc(C)c4)no3)C2=O)c1. The average Bonchev–Trinajstić information content (AvgIpc) is 3.47. The maximum absolute atomic E-state index is 13.1. The van der Waals surface area contributed by atoms with Gasteiger partial charge < -0.3 is 4.52 Å². The average molecular weight is 434 g/mol. The van der Waals surface area contributed by atoms with Crippen LogP contribution in [0.25, 0.3) is 11.4 Å². The number of imide groups is 1. The van der Waals surface area contributed by atoms with Crippen molar-refractivity contribution in [1.29, 1.82) is 0 Å². The Balaban J connectivity index is 1.37. The monoisotopic (exact) mass is 434 g/mol. The fourth-order valence-corrected chi connectivity index (χ4v) is 4.17. The molecule has 2 atom stereocenters. The van der Waals surface area contributed by atoms with Gasteiger partial charge in [-0.15, -0.1) is 11.8 Å². The Labute approximate surface area is 182 Å². The van der Waals surface area contributed by atoms with Gasteiger partial charge in [0.25, 0.3) is 11.8 Å². The van der Waals surface area contributed by atoms with Crippen molar-refractivity contribution in [1.82, 2.24) is 15.1 Å². The van der Waals surface area contributed by atoms with Crippen LogP contribution in [-0.2, 0) is 16.1 Å². The van der Waals surface area contributed by atoms with E-state index in [9.17, 15) is 9.59 Å². The predicted octanol–water partition coefficient (Wildman–Crippen LogP) is 3.26. The van der Waals surface area contributed by atoms with Gasteiger partial charge in [-0.1, -0.05) is 40.2 Å². The van der Waals surface area contributed by atoms with Gasteiger partial charge in [-0.05, 0) is 37.4 Å². The van der Waals surface area contributed by atoms with Crippen molar-refractivity contribution in [3.8, 4) is 11.4 Å². The van der Waals surface area contributed by atoms with Crippen LogP contribution in [-0.4, -0.2) is 45.3 Å². The molecule has 3 aromatic rings. The van der Waals surface area contributed by atoms with Gasteiger partial charge in [-0.3, -0.25) is 14.6 Å². The zero-order valence-electron chi connectivity index (χ0n) is 16.8. The fourth-order valence-electron chi connectivity index (χ4n) is 3.72. The number of hydrogen-bond acceptors (Lipinski definition) is 9. The number of aryl methyl sites for hydroxylation is 1. The molecule has 5 rings (SSSR count). The molecule has 10 heteroatoms. The largest absolute Gasteiger partial charge is 0.337 e. The molecule has 0 spiro atoms. The third-order valence-corrected chi connectivity index (χ3v) is 5.94. The van der Waals surface area contributed by atoms with Crippen LogP contribution >= 0.6 is 11.8 Å². The molecule has 2 aliphatic heterocycles. The summed E-state index contributed by atoms with van der Waals surface area (Å²) in [6, 6.07) is 13.4. The standard InChI is InChI=1S/C21H18N6O3S/c1-12-5-3-6-13(9-12)19-22-16(30-24-19)11-26-18-17(23-25-26)20(28)27(21(18)29)14-7-4-8-15(10-14)31-2/h3-10,17-18H,11H2,1-2H3/t17-,18+/m1/s1. The van der Waals surface area contributed by atoms with Gasteiger partial charge >= 0.3 is 0 Å². The van der Waals surface area contributed by atoms with E-state index in [0.29, 0.717) is 17.4 Å². The molecule has 1 saturated heterocycles. The normalized spacial score (nSPS) is 20.1. The number of fused-ring (bicyclic) bond motifs is 1. The summed E-state index contributed by atoms with van der Waals surface area (Å²) in [7, 11) is 0. The lowest BCUT2D eigenvalue weighted by Crippen LogP contribution is -2.39. The molecular weight excluding hydrogens is 416 g/mol. The molecule has 2 aliphatic rings. The summed E-state index contributed by atoms with van der Waals surface area (Å²) in [6.45, 7) is 2.07. The fraction of sp³-hybridized carbons (Fsp3) is 0.238. The smallest absolute Gasteiger partial charge is 0.263 e. The number of thioether (sulfide) groups is 1. The Morgan fingerprint density at radius 1 is 1.10 bits per heavy atom. The van der Waals surface area contributed by atoms with Gasteiger partial charge in [0.2, 0.25) is 11.7 Å². The highest BCUT2D eigenvalue weighted by atomic mass is 32.2. The number of anilines is 1. The molecule has 2 amide bonds. The van der Waals surface area contributed by atoms with Crippen molar-refractivity contribution in [2.24, 2.45) is 10.3 Å². The number of hydrogen-bond donors (Lipinski definition) is 0. The Morgan fingerprint density at radius 3 is 2.74 bits per heavy atom. The summed E-state index contributed by atoms with van der Waals surface area (Å²) in [5.41, 5.74) is 2.45. The van der Waals surface area contributed by atoms with Gasteiger partial charge in [-0.25, -0.2) is 4.90 Å². The number of nitrogens with zero attached hydrogens (tertiary/aromatic N) is 6. The molecule has 0 radical (unpaired) electrons.